The Labute approximate surface area is 653 Å². The van der Waals surface area contributed by atoms with Gasteiger partial charge in [-0.15, -0.1) is 0 Å². The van der Waals surface area contributed by atoms with Crippen LogP contribution in [0.15, 0.2) is 63.4 Å². The minimum absolute atomic E-state index is 0. The second-order valence-corrected chi connectivity index (χ2v) is 24.5. The van der Waals surface area contributed by atoms with E-state index in [-0.39, 0.29) is 79.2 Å². The molecule has 0 spiro atoms. The number of carbonyl (C=O) groups is 1. The Balaban J connectivity index is -0.000000156. The quantitative estimate of drug-likeness (QED) is 0.00629. The Kier molecular flexibility index (Phi) is 112. The summed E-state index contributed by atoms with van der Waals surface area (Å²) in [5, 5.41) is 27.2. The summed E-state index contributed by atoms with van der Waals surface area (Å²) < 4.78 is 155. The van der Waals surface area contributed by atoms with Crippen LogP contribution in [0.2, 0.25) is 0 Å². The van der Waals surface area contributed by atoms with Gasteiger partial charge < -0.3 is 107 Å². The number of hydrogen-bond donors (Lipinski definition) is 4. The summed E-state index contributed by atoms with van der Waals surface area (Å²) in [5.41, 5.74) is 27.6. The maximum absolute atomic E-state index is 11.9. The zero-order valence-corrected chi connectivity index (χ0v) is 67.6. The van der Waals surface area contributed by atoms with Crippen LogP contribution in [0.3, 0.4) is 0 Å². The first-order chi connectivity index (χ1) is 50.2. The fraction of sp³-hybridized carbons (Fsp3) is 0.803. The fourth-order valence-corrected chi connectivity index (χ4v) is 7.81. The molecule has 105 heavy (non-hydrogen) atoms. The van der Waals surface area contributed by atoms with E-state index >= 15 is 0 Å². The molecule has 0 amide bonds. The molecule has 616 valence electrons. The van der Waals surface area contributed by atoms with E-state index in [9.17, 15) is 26.0 Å². The van der Waals surface area contributed by atoms with Crippen molar-refractivity contribution in [3.8, 4) is 0 Å². The van der Waals surface area contributed by atoms with Gasteiger partial charge in [-0.25, -0.2) is 8.42 Å². The van der Waals surface area contributed by atoms with Crippen LogP contribution >= 0.6 is 10.7 Å². The average Bonchev–Trinajstić information content (AvgIpc) is 0.873. The molecular weight excluding hydrogens is 1460 g/mol. The summed E-state index contributed by atoms with van der Waals surface area (Å²) in [6, 6.07) is 12.9. The number of esters is 1. The number of nitroso groups, excluding NO2 is 1. The Hall–Kier alpha value is -3.55. The minimum Gasteiger partial charge on any atom is -0.460 e. The molecule has 0 radical (unpaired) electrons. The van der Waals surface area contributed by atoms with Gasteiger partial charge in [0.25, 0.3) is 19.2 Å². The van der Waals surface area contributed by atoms with E-state index in [4.69, 9.17) is 134 Å². The van der Waals surface area contributed by atoms with Crippen molar-refractivity contribution in [3.63, 3.8) is 0 Å². The van der Waals surface area contributed by atoms with E-state index in [0.29, 0.717) is 204 Å². The number of azide groups is 1. The minimum atomic E-state index is -3.73. The van der Waals surface area contributed by atoms with Gasteiger partial charge in [-0.2, -0.15) is 13.3 Å². The van der Waals surface area contributed by atoms with Crippen molar-refractivity contribution in [1.82, 2.24) is 0 Å². The largest absolute Gasteiger partial charge is 1.00 e. The number of ether oxygens (including phenoxy) is 17. The number of nitrogens with zero attached hydrogens (tertiary/aromatic N) is 6. The van der Waals surface area contributed by atoms with Crippen LogP contribution in [0, 0.1) is 24.3 Å². The van der Waals surface area contributed by atoms with E-state index in [0.717, 1.165) is 57.3 Å². The maximum Gasteiger partial charge on any atom is 1.00 e. The molecule has 0 aliphatic rings. The molecule has 0 bridgehead atoms. The van der Waals surface area contributed by atoms with E-state index in [1.54, 1.807) is 24.3 Å². The number of rotatable bonds is 59. The zero-order chi connectivity index (χ0) is 79.6. The monoisotopic (exact) mass is 1590 g/mol. The van der Waals surface area contributed by atoms with Crippen molar-refractivity contribution in [1.29, 1.82) is 5.59 Å². The third-order valence-corrected chi connectivity index (χ3v) is 13.2. The number of aliphatic hydroxyl groups excluding tert-OH is 3. The molecule has 2 rings (SSSR count). The second-order valence-electron chi connectivity index (χ2n) is 20.3. The summed E-state index contributed by atoms with van der Waals surface area (Å²) in [4.78, 5) is 23.4. The van der Waals surface area contributed by atoms with Crippen LogP contribution < -0.4 is 29.6 Å². The van der Waals surface area contributed by atoms with Crippen LogP contribution in [-0.2, 0) is 109 Å². The van der Waals surface area contributed by atoms with Gasteiger partial charge in [0.2, 0.25) is 0 Å². The molecule has 0 saturated carbocycles. The first kappa shape index (κ1) is 117. The maximum atomic E-state index is 11.9. The van der Waals surface area contributed by atoms with Crippen molar-refractivity contribution in [2.24, 2.45) is 5.11 Å². The van der Waals surface area contributed by atoms with Crippen molar-refractivity contribution in [2.75, 3.05) is 252 Å². The van der Waals surface area contributed by atoms with E-state index < -0.39 is 31.9 Å². The second kappa shape index (κ2) is 100. The van der Waals surface area contributed by atoms with Gasteiger partial charge >= 0.3 is 35.5 Å². The van der Waals surface area contributed by atoms with Gasteiger partial charge in [0.05, 0.1) is 223 Å². The molecule has 0 unspecified atom stereocenters. The number of halogens is 2. The summed E-state index contributed by atoms with van der Waals surface area (Å²) >= 11 is 0. The number of aryl methyl sites for hydroxylation is 2. The van der Waals surface area contributed by atoms with Crippen LogP contribution in [0.25, 0.3) is 26.4 Å². The number of aliphatic hydroxyl groups is 3. The van der Waals surface area contributed by atoms with E-state index in [2.05, 4.69) is 36.4 Å². The number of carbonyl (C=O) groups excluding carboxylic acids is 1. The van der Waals surface area contributed by atoms with E-state index in [1.807, 2.05) is 34.6 Å². The first-order valence-electron chi connectivity index (χ1n) is 34.0. The Morgan fingerprint density at radius 3 is 0.971 bits per heavy atom. The predicted octanol–water partition coefficient (Wildman–Crippen LogP) is 6.53. The van der Waals surface area contributed by atoms with Gasteiger partial charge in [0.15, 0.2) is 0 Å². The Morgan fingerprint density at radius 1 is 0.486 bits per heavy atom. The fourth-order valence-electron chi connectivity index (χ4n) is 6.15. The topological polar surface area (TPSA) is 461 Å². The molecular formula is C66H128ClFN7NaO27S2. The molecule has 0 saturated heterocycles. The van der Waals surface area contributed by atoms with Gasteiger partial charge in [-0.3, -0.25) is 18.3 Å². The van der Waals surface area contributed by atoms with Crippen molar-refractivity contribution in [2.45, 2.75) is 110 Å². The third-order valence-electron chi connectivity index (χ3n) is 10.5. The summed E-state index contributed by atoms with van der Waals surface area (Å²) in [6.45, 7) is 32.9. The van der Waals surface area contributed by atoms with Gasteiger partial charge in [-0.1, -0.05) is 74.3 Å². The Morgan fingerprint density at radius 2 is 0.724 bits per heavy atom. The predicted molar refractivity (Wildman–Crippen MR) is 394 cm³/mol. The Bertz CT molecular complexity index is 2350. The first-order valence-corrected chi connectivity index (χ1v) is 37.0. The number of alkyl halides is 1. The molecule has 0 atom stereocenters. The zero-order valence-electron chi connectivity index (χ0n) is 64.2. The molecule has 2 aromatic rings. The number of benzene rings is 2. The van der Waals surface area contributed by atoms with Gasteiger partial charge in [0, 0.05) is 62.1 Å². The number of nitrogens with one attached hydrogen (secondary N) is 1. The van der Waals surface area contributed by atoms with Crippen molar-refractivity contribution in [3.05, 3.63) is 91.0 Å². The molecule has 0 aromatic heterocycles. The van der Waals surface area contributed by atoms with Crippen LogP contribution in [-0.4, -0.2) is 296 Å². The molecule has 39 heteroatoms. The average molecular weight is 1590 g/mol. The van der Waals surface area contributed by atoms with Crippen molar-refractivity contribution < 1.29 is 157 Å². The third kappa shape index (κ3) is 109. The normalized spacial score (nSPS) is 10.4. The SMILES string of the molecule is C.CCCOCCOCCOCCOCCCC(=O)OC(C)(C)C.CCCOCCOCCOCCOCCN=[N+]=[N-].CCCOCCOCCOCCOCCOS(=O)(=O)c1ccc(C)cc1.CO.Cc1ccc(S(=O)(=O)Cl)cc1.N=O.OCCOCCOCCOCCOCCO.[2H]CF.[N-]=[N+]=[N-].[Na+]. The summed E-state index contributed by atoms with van der Waals surface area (Å²) in [6.07, 6.45) is 4.11. The van der Waals surface area contributed by atoms with Gasteiger partial charge in [-0.05, 0) is 90.1 Å². The number of hydrogen-bond acceptors (Lipinski definition) is 29. The van der Waals surface area contributed by atoms with Crippen molar-refractivity contribution >= 4 is 35.8 Å². The van der Waals surface area contributed by atoms with Crippen LogP contribution in [0.5, 0.6) is 0 Å². The standard InChI is InChI=1S/C18H30O7S.C17H34O6.C11H23N3O4.C10H22O6.C7H7ClO2S.CH3F.CH4O.CH4.N3.HNO.Na/c1-3-8-21-9-10-22-11-12-23-13-14-24-15-16-25-26(19,20)18-6-4-17(2)5-7-18;1-5-8-19-10-12-21-14-15-22-13-11-20-9-6-7-16(18)23-17(2,3)4;1-2-4-15-6-8-17-10-11-18-9-7-16-5-3-13-14-12;11-1-3-13-5-7-15-9-10-16-8-6-14-4-2-12;1-6-2-4-7(5-3-6)11(8,9)10;2*1-2;;1-3-2;1-2;/h4-7H,3,8-16H2,1-2H3;5-15H2,1-4H3;2-11H2,1H3;11-12H,1-10H2;2-5H,1H3;1H3;2H,1H3;1H4;;1H;/q;;;;;;;;-1;;+1/i;;;;;1D;;;;;. The molecule has 2 aromatic carbocycles. The molecule has 0 aliphatic heterocycles. The molecule has 4 N–H and O–H groups in total. The molecule has 0 heterocycles. The summed E-state index contributed by atoms with van der Waals surface area (Å²) in [5.74, 6) is -0.183. The van der Waals surface area contributed by atoms with Crippen LogP contribution in [0.4, 0.5) is 4.39 Å². The van der Waals surface area contributed by atoms with Gasteiger partial charge in [0.1, 0.15) is 5.60 Å². The molecule has 0 aliphatic carbocycles. The van der Waals surface area contributed by atoms with E-state index in [1.165, 1.54) is 29.2 Å². The van der Waals surface area contributed by atoms with Crippen LogP contribution in [0.1, 0.15) is 93.6 Å². The molecule has 0 fully saturated rings. The molecule has 34 nitrogen and oxygen atoms in total. The smallest absolute Gasteiger partial charge is 0.460 e. The summed E-state index contributed by atoms with van der Waals surface area (Å²) in [7, 11) is -2.20.